The molecule has 29 heavy (non-hydrogen) atoms. The van der Waals surface area contributed by atoms with E-state index in [0.29, 0.717) is 22.7 Å². The first-order chi connectivity index (χ1) is 14.1. The lowest BCUT2D eigenvalue weighted by Crippen LogP contribution is -2.42. The first-order valence-corrected chi connectivity index (χ1v) is 10.4. The molecule has 1 aliphatic rings. The molecule has 5 heteroatoms. The minimum atomic E-state index is -0.348. The van der Waals surface area contributed by atoms with Crippen LogP contribution >= 0.6 is 11.6 Å². The van der Waals surface area contributed by atoms with Gasteiger partial charge in [-0.3, -0.25) is 4.90 Å². The lowest BCUT2D eigenvalue weighted by atomic mass is 10.0. The Morgan fingerprint density at radius 2 is 1.90 bits per heavy atom. The average molecular weight is 409 g/mol. The molecule has 150 valence electrons. The minimum Gasteiger partial charge on any atom is -0.423 e. The third-order valence-corrected chi connectivity index (χ3v) is 5.77. The van der Waals surface area contributed by atoms with Crippen LogP contribution in [-0.2, 0) is 0 Å². The summed E-state index contributed by atoms with van der Waals surface area (Å²) >= 11 is 6.14. The summed E-state index contributed by atoms with van der Waals surface area (Å²) in [6.07, 6.45) is 6.49. The smallest absolute Gasteiger partial charge is 0.338 e. The Morgan fingerprint density at radius 1 is 1.14 bits per heavy atom. The number of hydrogen-bond donors (Lipinski definition) is 1. The molecule has 1 fully saturated rings. The number of likely N-dealkylation sites (tertiary alicyclic amines) is 1. The van der Waals surface area contributed by atoms with Crippen molar-refractivity contribution in [2.75, 3.05) is 18.4 Å². The summed E-state index contributed by atoms with van der Waals surface area (Å²) in [6.45, 7) is 4.27. The van der Waals surface area contributed by atoms with Crippen LogP contribution in [0.4, 0.5) is 5.69 Å². The largest absolute Gasteiger partial charge is 0.423 e. The van der Waals surface area contributed by atoms with Gasteiger partial charge in [0.2, 0.25) is 0 Å². The van der Waals surface area contributed by atoms with Crippen LogP contribution in [0.15, 0.2) is 69.9 Å². The lowest BCUT2D eigenvalue weighted by Gasteiger charge is -2.35. The normalized spacial score (nSPS) is 17.0. The maximum atomic E-state index is 11.9. The van der Waals surface area contributed by atoms with Crippen LogP contribution in [0.3, 0.4) is 0 Å². The zero-order valence-corrected chi connectivity index (χ0v) is 17.2. The lowest BCUT2D eigenvalue weighted by molar-refractivity contribution is 0.193. The van der Waals surface area contributed by atoms with Gasteiger partial charge in [-0.15, -0.1) is 0 Å². The Balaban J connectivity index is 1.39. The van der Waals surface area contributed by atoms with E-state index in [-0.39, 0.29) is 5.63 Å². The van der Waals surface area contributed by atoms with Crippen LogP contribution < -0.4 is 10.9 Å². The van der Waals surface area contributed by atoms with Gasteiger partial charge >= 0.3 is 5.63 Å². The number of hydrogen-bond acceptors (Lipinski definition) is 4. The molecule has 1 saturated heterocycles. The maximum absolute atomic E-state index is 11.9. The second-order valence-corrected chi connectivity index (χ2v) is 8.02. The van der Waals surface area contributed by atoms with E-state index >= 15 is 0 Å². The van der Waals surface area contributed by atoms with Crippen molar-refractivity contribution >= 4 is 34.3 Å². The van der Waals surface area contributed by atoms with Crippen LogP contribution in [-0.4, -0.2) is 30.1 Å². The van der Waals surface area contributed by atoms with Gasteiger partial charge in [-0.05, 0) is 43.5 Å². The summed E-state index contributed by atoms with van der Waals surface area (Å²) < 4.78 is 5.29. The van der Waals surface area contributed by atoms with Gasteiger partial charge in [0.15, 0.2) is 0 Å². The van der Waals surface area contributed by atoms with E-state index in [0.717, 1.165) is 37.0 Å². The molecular weight excluding hydrogens is 384 g/mol. The highest BCUT2D eigenvalue weighted by molar-refractivity contribution is 6.31. The Bertz CT molecular complexity index is 1050. The molecule has 1 unspecified atom stereocenters. The number of nitrogens with one attached hydrogen (secondary N) is 1. The number of nitrogens with zero attached hydrogens (tertiary/aromatic N) is 1. The van der Waals surface area contributed by atoms with Crippen LogP contribution in [0.2, 0.25) is 5.02 Å². The third-order valence-electron chi connectivity index (χ3n) is 5.54. The van der Waals surface area contributed by atoms with Gasteiger partial charge in [0.05, 0.1) is 5.69 Å². The number of piperidine rings is 1. The molecule has 0 amide bonds. The van der Waals surface area contributed by atoms with Crippen LogP contribution in [0, 0.1) is 0 Å². The molecule has 0 bridgehead atoms. The zero-order chi connectivity index (χ0) is 20.2. The van der Waals surface area contributed by atoms with Crippen LogP contribution in [0.25, 0.3) is 17.0 Å². The van der Waals surface area contributed by atoms with Gasteiger partial charge in [0.25, 0.3) is 0 Å². The summed E-state index contributed by atoms with van der Waals surface area (Å²) in [6, 6.07) is 17.9. The molecule has 0 saturated carbocycles. The van der Waals surface area contributed by atoms with Gasteiger partial charge in [-0.2, -0.15) is 0 Å². The van der Waals surface area contributed by atoms with Crippen molar-refractivity contribution in [2.45, 2.75) is 31.8 Å². The van der Waals surface area contributed by atoms with Gasteiger partial charge in [0.1, 0.15) is 5.58 Å². The number of halogens is 1. The Kier molecular flexibility index (Phi) is 6.02. The highest BCUT2D eigenvalue weighted by Gasteiger charge is 2.22. The molecule has 0 radical (unpaired) electrons. The van der Waals surface area contributed by atoms with Crippen molar-refractivity contribution < 1.29 is 4.42 Å². The number of benzene rings is 2. The predicted octanol–water partition coefficient (Wildman–Crippen LogP) is 5.42. The first-order valence-electron chi connectivity index (χ1n) is 10.1. The Labute approximate surface area is 175 Å². The van der Waals surface area contributed by atoms with Gasteiger partial charge in [-0.1, -0.05) is 54.1 Å². The van der Waals surface area contributed by atoms with Crippen molar-refractivity contribution in [1.29, 1.82) is 0 Å². The van der Waals surface area contributed by atoms with E-state index in [4.69, 9.17) is 16.0 Å². The fourth-order valence-electron chi connectivity index (χ4n) is 3.86. The molecule has 2 aromatic carbocycles. The molecule has 1 aromatic heterocycles. The third kappa shape index (κ3) is 4.89. The van der Waals surface area contributed by atoms with E-state index in [1.165, 1.54) is 11.6 Å². The summed E-state index contributed by atoms with van der Waals surface area (Å²) in [5, 5.41) is 5.02. The number of fused-ring (bicyclic) bond motifs is 1. The molecule has 1 N–H and O–H groups in total. The highest BCUT2D eigenvalue weighted by Crippen LogP contribution is 2.27. The molecule has 4 nitrogen and oxygen atoms in total. The van der Waals surface area contributed by atoms with Gasteiger partial charge < -0.3 is 9.73 Å². The zero-order valence-electron chi connectivity index (χ0n) is 16.5. The molecule has 1 aliphatic heterocycles. The van der Waals surface area contributed by atoms with Crippen molar-refractivity contribution in [3.8, 4) is 0 Å². The second kappa shape index (κ2) is 8.85. The quantitative estimate of drug-likeness (QED) is 0.572. The first kappa shape index (κ1) is 19.7. The van der Waals surface area contributed by atoms with Crippen LogP contribution in [0.5, 0.6) is 0 Å². The number of rotatable bonds is 5. The van der Waals surface area contributed by atoms with Crippen molar-refractivity contribution in [2.24, 2.45) is 0 Å². The maximum Gasteiger partial charge on any atom is 0.338 e. The molecule has 3 aromatic rings. The van der Waals surface area contributed by atoms with Crippen molar-refractivity contribution in [3.63, 3.8) is 0 Å². The second-order valence-electron chi connectivity index (χ2n) is 7.58. The molecule has 0 spiro atoms. The van der Waals surface area contributed by atoms with Crippen molar-refractivity contribution in [1.82, 2.24) is 4.90 Å². The van der Waals surface area contributed by atoms with Crippen LogP contribution in [0.1, 0.15) is 25.3 Å². The van der Waals surface area contributed by atoms with E-state index in [1.54, 1.807) is 12.1 Å². The monoisotopic (exact) mass is 408 g/mol. The Hall–Kier alpha value is -2.56. The summed E-state index contributed by atoms with van der Waals surface area (Å²) in [5.74, 6) is 0. The SMILES string of the molecule is CC(/C=C/c1ccccc1)N1CCC(Nc2cc(=O)oc3ccc(Cl)cc23)CC1. The molecule has 1 atom stereocenters. The standard InChI is InChI=1S/C24H25ClN2O2/c1-17(7-8-18-5-3-2-4-6-18)27-13-11-20(12-14-27)26-22-16-24(28)29-23-10-9-19(25)15-21(22)23/h2-10,15-17,20,26H,11-14H2,1H3/b8-7+. The summed E-state index contributed by atoms with van der Waals surface area (Å²) in [4.78, 5) is 14.4. The van der Waals surface area contributed by atoms with E-state index in [9.17, 15) is 4.79 Å². The van der Waals surface area contributed by atoms with E-state index < -0.39 is 0 Å². The molecule has 0 aliphatic carbocycles. The topological polar surface area (TPSA) is 45.5 Å². The van der Waals surface area contributed by atoms with E-state index in [1.807, 2.05) is 12.1 Å². The fourth-order valence-corrected chi connectivity index (χ4v) is 4.03. The average Bonchev–Trinajstić information content (AvgIpc) is 2.74. The summed E-state index contributed by atoms with van der Waals surface area (Å²) in [5.41, 5.74) is 2.24. The fraction of sp³-hybridized carbons (Fsp3) is 0.292. The van der Waals surface area contributed by atoms with Gasteiger partial charge in [0, 0.05) is 41.6 Å². The highest BCUT2D eigenvalue weighted by atomic mass is 35.5. The molecular formula is C24H25ClN2O2. The molecule has 2 heterocycles. The number of anilines is 1. The molecule has 4 rings (SSSR count). The van der Waals surface area contributed by atoms with Crippen molar-refractivity contribution in [3.05, 3.63) is 81.7 Å². The predicted molar refractivity (Wildman–Crippen MR) is 121 cm³/mol. The Morgan fingerprint density at radius 3 is 2.66 bits per heavy atom. The summed E-state index contributed by atoms with van der Waals surface area (Å²) in [7, 11) is 0. The van der Waals surface area contributed by atoms with Gasteiger partial charge in [-0.25, -0.2) is 4.79 Å². The minimum absolute atomic E-state index is 0.320. The van der Waals surface area contributed by atoms with E-state index in [2.05, 4.69) is 53.6 Å².